The van der Waals surface area contributed by atoms with Gasteiger partial charge in [-0.15, -0.1) is 0 Å². The zero-order valence-corrected chi connectivity index (χ0v) is 44.4. The van der Waals surface area contributed by atoms with Gasteiger partial charge in [0.25, 0.3) is 0 Å². The fraction of sp³-hybridized carbons (Fsp3) is 0.787. The monoisotopic (exact) mass is 937 g/mol. The topological polar surface area (TPSA) is 78.9 Å². The number of esters is 3. The third-order valence-electron chi connectivity index (χ3n) is 12.5. The van der Waals surface area contributed by atoms with E-state index in [1.54, 1.807) is 0 Å². The van der Waals surface area contributed by atoms with Crippen LogP contribution in [0.2, 0.25) is 0 Å². The van der Waals surface area contributed by atoms with Crippen molar-refractivity contribution in [3.63, 3.8) is 0 Å². The van der Waals surface area contributed by atoms with Crippen LogP contribution in [-0.2, 0) is 28.6 Å². The van der Waals surface area contributed by atoms with Crippen LogP contribution >= 0.6 is 0 Å². The number of allylic oxidation sites excluding steroid dienone is 10. The van der Waals surface area contributed by atoms with E-state index < -0.39 is 6.10 Å². The second-order valence-electron chi connectivity index (χ2n) is 19.2. The highest BCUT2D eigenvalue weighted by Gasteiger charge is 2.19. The lowest BCUT2D eigenvalue weighted by Gasteiger charge is -2.18. The average molecular weight is 938 g/mol. The predicted octanol–water partition coefficient (Wildman–Crippen LogP) is 19.2. The van der Waals surface area contributed by atoms with Crippen molar-refractivity contribution in [2.75, 3.05) is 13.2 Å². The van der Waals surface area contributed by atoms with Crippen molar-refractivity contribution in [1.29, 1.82) is 0 Å². The van der Waals surface area contributed by atoms with Gasteiger partial charge in [0, 0.05) is 19.3 Å². The molecule has 0 rings (SSSR count). The lowest BCUT2D eigenvalue weighted by molar-refractivity contribution is -0.167. The van der Waals surface area contributed by atoms with E-state index in [-0.39, 0.29) is 31.1 Å². The van der Waals surface area contributed by atoms with Crippen LogP contribution in [0.25, 0.3) is 0 Å². The third kappa shape index (κ3) is 53.9. The van der Waals surface area contributed by atoms with Gasteiger partial charge in [-0.25, -0.2) is 0 Å². The Bertz CT molecular complexity index is 1210. The molecule has 0 aromatic heterocycles. The molecule has 0 unspecified atom stereocenters. The van der Waals surface area contributed by atoms with E-state index in [9.17, 15) is 14.4 Å². The highest BCUT2D eigenvalue weighted by molar-refractivity contribution is 5.71. The first-order valence-corrected chi connectivity index (χ1v) is 28.8. The fourth-order valence-electron chi connectivity index (χ4n) is 8.24. The van der Waals surface area contributed by atoms with Crippen LogP contribution in [0.15, 0.2) is 60.8 Å². The zero-order chi connectivity index (χ0) is 48.6. The standard InChI is InChI=1S/C61H108O6/c1-4-7-10-13-16-19-22-25-28-30-31-32-34-36-39-42-45-48-51-54-60(63)66-57-58(56-65-59(62)53-50-47-44-41-38-35-27-24-21-18-15-12-9-6-3)67-61(64)55-52-49-46-43-40-37-33-29-26-23-20-17-14-11-8-5-2/h7,10,16,19,25,28,31-32,36,39,58H,4-6,8-9,11-15,17-18,20-24,26-27,29-30,33-35,37-38,40-57H2,1-3H3/b10-7+,19-16+,28-25+,32-31+,39-36+/t58-/m1/s1. The van der Waals surface area contributed by atoms with Crippen LogP contribution in [0.5, 0.6) is 0 Å². The van der Waals surface area contributed by atoms with Crippen molar-refractivity contribution in [2.45, 2.75) is 297 Å². The molecule has 0 saturated carbocycles. The minimum atomic E-state index is -0.784. The molecule has 0 aliphatic carbocycles. The number of ether oxygens (including phenoxy) is 3. The van der Waals surface area contributed by atoms with E-state index in [2.05, 4.69) is 81.5 Å². The fourth-order valence-corrected chi connectivity index (χ4v) is 8.24. The number of rotatable bonds is 52. The summed E-state index contributed by atoms with van der Waals surface area (Å²) in [6.45, 7) is 6.53. The Labute approximate surface area is 415 Å². The molecule has 0 N–H and O–H groups in total. The van der Waals surface area contributed by atoms with E-state index in [0.29, 0.717) is 19.3 Å². The van der Waals surface area contributed by atoms with Crippen molar-refractivity contribution in [3.8, 4) is 0 Å². The molecule has 0 aliphatic rings. The number of hydrogen-bond acceptors (Lipinski definition) is 6. The van der Waals surface area contributed by atoms with Crippen molar-refractivity contribution >= 4 is 17.9 Å². The lowest BCUT2D eigenvalue weighted by atomic mass is 10.0. The van der Waals surface area contributed by atoms with Gasteiger partial charge < -0.3 is 14.2 Å². The van der Waals surface area contributed by atoms with E-state index in [4.69, 9.17) is 14.2 Å². The molecular formula is C61H108O6. The summed E-state index contributed by atoms with van der Waals surface area (Å²) in [6, 6.07) is 0. The molecule has 0 bridgehead atoms. The number of carbonyl (C=O) groups excluding carboxylic acids is 3. The van der Waals surface area contributed by atoms with Gasteiger partial charge in [-0.05, 0) is 64.2 Å². The molecule has 0 aromatic carbocycles. The van der Waals surface area contributed by atoms with E-state index >= 15 is 0 Å². The van der Waals surface area contributed by atoms with E-state index in [1.165, 1.54) is 154 Å². The molecule has 0 amide bonds. The first kappa shape index (κ1) is 64.1. The number of unbranched alkanes of at least 4 members (excludes halogenated alkanes) is 31. The Morgan fingerprint density at radius 1 is 0.313 bits per heavy atom. The second-order valence-corrected chi connectivity index (χ2v) is 19.2. The maximum atomic E-state index is 12.9. The maximum Gasteiger partial charge on any atom is 0.306 e. The van der Waals surface area contributed by atoms with Crippen LogP contribution in [-0.4, -0.2) is 37.2 Å². The highest BCUT2D eigenvalue weighted by Crippen LogP contribution is 2.16. The molecule has 0 aromatic rings. The van der Waals surface area contributed by atoms with E-state index in [1.807, 2.05) is 0 Å². The Balaban J connectivity index is 4.41. The van der Waals surface area contributed by atoms with Gasteiger partial charge in [0.1, 0.15) is 13.2 Å². The SMILES string of the molecule is CC/C=C/C/C=C/C/C=C/C/C=C/C/C=C/CCCCCC(=O)OC[C@@H](COC(=O)CCCCCCCCCCCCCCCC)OC(=O)CCCCCCCCCCCCCCCCCC. The molecule has 0 spiro atoms. The molecule has 1 atom stereocenters. The molecular weight excluding hydrogens is 829 g/mol. The molecule has 67 heavy (non-hydrogen) atoms. The Kier molecular flexibility index (Phi) is 53.3. The predicted molar refractivity (Wildman–Crippen MR) is 288 cm³/mol. The van der Waals surface area contributed by atoms with E-state index in [0.717, 1.165) is 96.3 Å². The Hall–Kier alpha value is -2.89. The van der Waals surface area contributed by atoms with Gasteiger partial charge in [-0.3, -0.25) is 14.4 Å². The van der Waals surface area contributed by atoms with Crippen LogP contribution in [0, 0.1) is 0 Å². The van der Waals surface area contributed by atoms with Crippen molar-refractivity contribution < 1.29 is 28.6 Å². The average Bonchev–Trinajstić information content (AvgIpc) is 3.33. The summed E-state index contributed by atoms with van der Waals surface area (Å²) in [4.78, 5) is 38.1. The number of hydrogen-bond donors (Lipinski definition) is 0. The normalized spacial score (nSPS) is 12.5. The summed E-state index contributed by atoms with van der Waals surface area (Å²) in [6.07, 6.45) is 69.2. The highest BCUT2D eigenvalue weighted by atomic mass is 16.6. The molecule has 0 saturated heterocycles. The second kappa shape index (κ2) is 55.7. The summed E-state index contributed by atoms with van der Waals surface area (Å²) < 4.78 is 16.9. The largest absolute Gasteiger partial charge is 0.462 e. The Morgan fingerprint density at radius 3 is 0.910 bits per heavy atom. The molecule has 0 aliphatic heterocycles. The maximum absolute atomic E-state index is 12.9. The Morgan fingerprint density at radius 2 is 0.582 bits per heavy atom. The molecule has 0 radical (unpaired) electrons. The smallest absolute Gasteiger partial charge is 0.306 e. The third-order valence-corrected chi connectivity index (χ3v) is 12.5. The molecule has 6 nitrogen and oxygen atoms in total. The van der Waals surface area contributed by atoms with Crippen LogP contribution < -0.4 is 0 Å². The molecule has 6 heteroatoms. The van der Waals surface area contributed by atoms with Crippen molar-refractivity contribution in [3.05, 3.63) is 60.8 Å². The summed E-state index contributed by atoms with van der Waals surface area (Å²) >= 11 is 0. The lowest BCUT2D eigenvalue weighted by Crippen LogP contribution is -2.30. The minimum absolute atomic E-state index is 0.0807. The van der Waals surface area contributed by atoms with Crippen LogP contribution in [0.4, 0.5) is 0 Å². The zero-order valence-electron chi connectivity index (χ0n) is 44.4. The van der Waals surface area contributed by atoms with Gasteiger partial charge in [0.2, 0.25) is 0 Å². The van der Waals surface area contributed by atoms with Gasteiger partial charge in [-0.2, -0.15) is 0 Å². The van der Waals surface area contributed by atoms with Crippen molar-refractivity contribution in [2.24, 2.45) is 0 Å². The van der Waals surface area contributed by atoms with Gasteiger partial charge in [0.05, 0.1) is 0 Å². The first-order valence-electron chi connectivity index (χ1n) is 28.8. The minimum Gasteiger partial charge on any atom is -0.462 e. The van der Waals surface area contributed by atoms with Gasteiger partial charge in [0.15, 0.2) is 6.10 Å². The summed E-state index contributed by atoms with van der Waals surface area (Å²) in [5.41, 5.74) is 0. The van der Waals surface area contributed by atoms with Gasteiger partial charge in [-0.1, -0.05) is 268 Å². The van der Waals surface area contributed by atoms with Crippen LogP contribution in [0.3, 0.4) is 0 Å². The molecule has 0 fully saturated rings. The first-order chi connectivity index (χ1) is 33.0. The molecule has 388 valence electrons. The summed E-state index contributed by atoms with van der Waals surface area (Å²) in [5.74, 6) is -0.899. The summed E-state index contributed by atoms with van der Waals surface area (Å²) in [7, 11) is 0. The summed E-state index contributed by atoms with van der Waals surface area (Å²) in [5, 5.41) is 0. The molecule has 0 heterocycles. The van der Waals surface area contributed by atoms with Gasteiger partial charge >= 0.3 is 17.9 Å². The number of carbonyl (C=O) groups is 3. The van der Waals surface area contributed by atoms with Crippen molar-refractivity contribution in [1.82, 2.24) is 0 Å². The quantitative estimate of drug-likeness (QED) is 0.0262. The van der Waals surface area contributed by atoms with Crippen LogP contribution in [0.1, 0.15) is 290 Å².